The SMILES string of the molecule is CCOc1cccc2cc(C(=O)N(Cc3ccco3)c3nc4c(F)cccc4s3)oc12. The number of carbonyl (C=O) groups is 1. The van der Waals surface area contributed by atoms with Crippen LogP contribution >= 0.6 is 11.3 Å². The van der Waals surface area contributed by atoms with Gasteiger partial charge >= 0.3 is 0 Å². The number of carbonyl (C=O) groups excluding carboxylic acids is 1. The van der Waals surface area contributed by atoms with E-state index in [2.05, 4.69) is 4.98 Å². The van der Waals surface area contributed by atoms with Gasteiger partial charge < -0.3 is 13.6 Å². The van der Waals surface area contributed by atoms with Crippen LogP contribution in [0.15, 0.2) is 69.7 Å². The Morgan fingerprint density at radius 3 is 2.84 bits per heavy atom. The van der Waals surface area contributed by atoms with E-state index in [4.69, 9.17) is 13.6 Å². The number of para-hydroxylation sites is 2. The minimum absolute atomic E-state index is 0.128. The molecule has 1 amide bonds. The highest BCUT2D eigenvalue weighted by molar-refractivity contribution is 7.22. The zero-order valence-corrected chi connectivity index (χ0v) is 17.3. The molecule has 0 N–H and O–H groups in total. The Morgan fingerprint density at radius 1 is 1.19 bits per heavy atom. The third-order valence-corrected chi connectivity index (χ3v) is 5.79. The topological polar surface area (TPSA) is 68.7 Å². The van der Waals surface area contributed by atoms with Gasteiger partial charge in [0.2, 0.25) is 0 Å². The largest absolute Gasteiger partial charge is 0.490 e. The van der Waals surface area contributed by atoms with E-state index in [1.54, 1.807) is 36.4 Å². The van der Waals surface area contributed by atoms with Crippen LogP contribution in [0, 0.1) is 5.82 Å². The van der Waals surface area contributed by atoms with Crippen LogP contribution in [0.4, 0.5) is 9.52 Å². The van der Waals surface area contributed by atoms with Crippen molar-refractivity contribution >= 4 is 43.6 Å². The molecule has 5 aromatic rings. The predicted octanol–water partition coefficient (Wildman–Crippen LogP) is 6.02. The number of anilines is 1. The quantitative estimate of drug-likeness (QED) is 0.326. The van der Waals surface area contributed by atoms with Crippen LogP contribution in [0.3, 0.4) is 0 Å². The van der Waals surface area contributed by atoms with Crippen molar-refractivity contribution in [2.24, 2.45) is 0 Å². The number of hydrogen-bond acceptors (Lipinski definition) is 6. The van der Waals surface area contributed by atoms with E-state index in [0.29, 0.717) is 33.5 Å². The highest BCUT2D eigenvalue weighted by atomic mass is 32.1. The number of ether oxygens (including phenoxy) is 1. The van der Waals surface area contributed by atoms with Gasteiger partial charge in [0.05, 0.1) is 24.1 Å². The first-order chi connectivity index (χ1) is 15.1. The molecular formula is C23H17FN2O4S. The molecule has 0 atom stereocenters. The van der Waals surface area contributed by atoms with E-state index < -0.39 is 11.7 Å². The third kappa shape index (κ3) is 3.55. The summed E-state index contributed by atoms with van der Waals surface area (Å²) in [4.78, 5) is 19.3. The molecule has 0 radical (unpaired) electrons. The lowest BCUT2D eigenvalue weighted by Gasteiger charge is -2.17. The standard InChI is InChI=1S/C23H17FN2O4S/c1-2-28-17-9-3-6-14-12-18(30-21(14)17)22(27)26(13-15-7-5-11-29-15)23-25-20-16(24)8-4-10-19(20)31-23/h3-12H,2,13H2,1H3. The molecule has 5 rings (SSSR count). The van der Waals surface area contributed by atoms with Gasteiger partial charge in [0.25, 0.3) is 5.91 Å². The Hall–Kier alpha value is -3.65. The average Bonchev–Trinajstić information content (AvgIpc) is 3.51. The van der Waals surface area contributed by atoms with Gasteiger partial charge in [-0.25, -0.2) is 9.37 Å². The molecule has 6 nitrogen and oxygen atoms in total. The molecule has 156 valence electrons. The number of halogens is 1. The fourth-order valence-electron chi connectivity index (χ4n) is 3.35. The normalized spacial score (nSPS) is 11.3. The molecule has 0 aliphatic heterocycles. The van der Waals surface area contributed by atoms with Crippen molar-refractivity contribution in [1.29, 1.82) is 0 Å². The summed E-state index contributed by atoms with van der Waals surface area (Å²) in [5.74, 6) is 0.427. The van der Waals surface area contributed by atoms with Gasteiger partial charge in [-0.2, -0.15) is 0 Å². The molecule has 31 heavy (non-hydrogen) atoms. The highest BCUT2D eigenvalue weighted by Crippen LogP contribution is 2.34. The van der Waals surface area contributed by atoms with E-state index in [9.17, 15) is 9.18 Å². The molecule has 8 heteroatoms. The van der Waals surface area contributed by atoms with Crippen molar-refractivity contribution in [1.82, 2.24) is 4.98 Å². The van der Waals surface area contributed by atoms with E-state index in [-0.39, 0.29) is 17.8 Å². The second-order valence-corrected chi connectivity index (χ2v) is 7.78. The summed E-state index contributed by atoms with van der Waals surface area (Å²) in [5.41, 5.74) is 0.726. The molecule has 3 heterocycles. The van der Waals surface area contributed by atoms with Crippen LogP contribution in [-0.4, -0.2) is 17.5 Å². The van der Waals surface area contributed by atoms with Crippen molar-refractivity contribution in [3.8, 4) is 5.75 Å². The number of nitrogens with zero attached hydrogens (tertiary/aromatic N) is 2. The molecule has 0 saturated carbocycles. The molecule has 0 fully saturated rings. The van der Waals surface area contributed by atoms with Crippen LogP contribution in [0.2, 0.25) is 0 Å². The molecule has 0 saturated heterocycles. The van der Waals surface area contributed by atoms with Gasteiger partial charge in [-0.1, -0.05) is 29.5 Å². The predicted molar refractivity (Wildman–Crippen MR) is 116 cm³/mol. The van der Waals surface area contributed by atoms with Gasteiger partial charge in [-0.15, -0.1) is 0 Å². The van der Waals surface area contributed by atoms with Crippen molar-refractivity contribution < 1.29 is 22.8 Å². The summed E-state index contributed by atoms with van der Waals surface area (Å²) in [6.07, 6.45) is 1.53. The lowest BCUT2D eigenvalue weighted by molar-refractivity contribution is 0.0958. The molecule has 0 spiro atoms. The number of benzene rings is 2. The monoisotopic (exact) mass is 436 g/mol. The number of furan rings is 2. The molecule has 2 aromatic carbocycles. The van der Waals surface area contributed by atoms with E-state index in [0.717, 1.165) is 5.39 Å². The number of fused-ring (bicyclic) bond motifs is 2. The van der Waals surface area contributed by atoms with E-state index >= 15 is 0 Å². The lowest BCUT2D eigenvalue weighted by Crippen LogP contribution is -2.29. The fraction of sp³-hybridized carbons (Fsp3) is 0.130. The van der Waals surface area contributed by atoms with Crippen molar-refractivity contribution in [2.75, 3.05) is 11.5 Å². The Kier molecular flexibility index (Phi) is 4.91. The zero-order chi connectivity index (χ0) is 21.4. The third-order valence-electron chi connectivity index (χ3n) is 4.75. The van der Waals surface area contributed by atoms with Crippen LogP contribution in [-0.2, 0) is 6.54 Å². The Balaban J connectivity index is 1.59. The molecule has 3 aromatic heterocycles. The maximum Gasteiger partial charge on any atom is 0.296 e. The van der Waals surface area contributed by atoms with Crippen LogP contribution in [0.5, 0.6) is 5.75 Å². The lowest BCUT2D eigenvalue weighted by atomic mass is 10.2. The first-order valence-corrected chi connectivity index (χ1v) is 10.5. The van der Waals surface area contributed by atoms with Gasteiger partial charge in [0.1, 0.15) is 17.1 Å². The Bertz CT molecular complexity index is 1370. The highest BCUT2D eigenvalue weighted by Gasteiger charge is 2.26. The molecular weight excluding hydrogens is 419 g/mol. The van der Waals surface area contributed by atoms with Crippen LogP contribution in [0.25, 0.3) is 21.2 Å². The maximum absolute atomic E-state index is 14.2. The van der Waals surface area contributed by atoms with Crippen LogP contribution in [0.1, 0.15) is 23.2 Å². The van der Waals surface area contributed by atoms with Crippen molar-refractivity contribution in [3.05, 3.63) is 78.2 Å². The van der Waals surface area contributed by atoms with Crippen molar-refractivity contribution in [2.45, 2.75) is 13.5 Å². The maximum atomic E-state index is 14.2. The number of hydrogen-bond donors (Lipinski definition) is 0. The summed E-state index contributed by atoms with van der Waals surface area (Å²) in [6.45, 7) is 2.48. The molecule has 0 aliphatic rings. The van der Waals surface area contributed by atoms with E-state index in [1.165, 1.54) is 28.6 Å². The smallest absolute Gasteiger partial charge is 0.296 e. The van der Waals surface area contributed by atoms with Gasteiger partial charge in [-0.05, 0) is 43.3 Å². The summed E-state index contributed by atoms with van der Waals surface area (Å²) in [5, 5.41) is 1.11. The fourth-order valence-corrected chi connectivity index (χ4v) is 4.32. The number of aromatic nitrogens is 1. The second-order valence-electron chi connectivity index (χ2n) is 6.77. The first kappa shape index (κ1) is 19.3. The summed E-state index contributed by atoms with van der Waals surface area (Å²) in [7, 11) is 0. The van der Waals surface area contributed by atoms with E-state index in [1.807, 2.05) is 19.1 Å². The molecule has 0 unspecified atom stereocenters. The second kappa shape index (κ2) is 7.88. The van der Waals surface area contributed by atoms with Crippen LogP contribution < -0.4 is 9.64 Å². The van der Waals surface area contributed by atoms with Gasteiger partial charge in [0, 0.05) is 5.39 Å². The summed E-state index contributed by atoms with van der Waals surface area (Å²) in [6, 6.07) is 15.4. The average molecular weight is 436 g/mol. The van der Waals surface area contributed by atoms with Gasteiger partial charge in [-0.3, -0.25) is 9.69 Å². The number of thiazole rings is 1. The minimum atomic E-state index is -0.435. The first-order valence-electron chi connectivity index (χ1n) is 9.68. The van der Waals surface area contributed by atoms with Gasteiger partial charge in [0.15, 0.2) is 22.2 Å². The number of amides is 1. The Morgan fingerprint density at radius 2 is 2.06 bits per heavy atom. The minimum Gasteiger partial charge on any atom is -0.490 e. The van der Waals surface area contributed by atoms with Crippen molar-refractivity contribution in [3.63, 3.8) is 0 Å². The zero-order valence-electron chi connectivity index (χ0n) is 16.5. The Labute approximate surface area is 180 Å². The summed E-state index contributed by atoms with van der Waals surface area (Å²) >= 11 is 1.23. The molecule has 0 bridgehead atoms. The number of rotatable bonds is 6. The summed E-state index contributed by atoms with van der Waals surface area (Å²) < 4.78 is 31.8. The molecule has 0 aliphatic carbocycles.